The van der Waals surface area contributed by atoms with E-state index >= 15 is 0 Å². The van der Waals surface area contributed by atoms with Gasteiger partial charge in [-0.25, -0.2) is 0 Å². The van der Waals surface area contributed by atoms with E-state index in [9.17, 15) is 0 Å². The predicted octanol–water partition coefficient (Wildman–Crippen LogP) is 1.15. The number of allylic oxidation sites excluding steroid dienone is 2. The standard InChI is InChI=1S/2C12H13.C2H7Si.2ClH.Zr/c2*1-8-4-10(3)12-7-9(2)6-11(12)5-8;1-3-2;;;/h2*4-7H,1-3H3;3H,1-2H3;2*1H;/q;;;;;+2/p-2. The number of benzene rings is 2. The third-order valence-corrected chi connectivity index (χ3v) is 28.9. The molecule has 0 aromatic heterocycles. The number of hydrogen-bond donors (Lipinski definition) is 0. The summed E-state index contributed by atoms with van der Waals surface area (Å²) in [7, 11) is 0. The maximum atomic E-state index is 2.65. The van der Waals surface area contributed by atoms with Crippen molar-refractivity contribution in [3.8, 4) is 0 Å². The van der Waals surface area contributed by atoms with Crippen LogP contribution in [0.15, 0.2) is 35.4 Å². The van der Waals surface area contributed by atoms with Gasteiger partial charge in [-0.3, -0.25) is 0 Å². The Morgan fingerprint density at radius 2 is 1.00 bits per heavy atom. The Balaban J connectivity index is 0.00000160. The fourth-order valence-electron chi connectivity index (χ4n) is 5.73. The number of hydrogen-bond acceptors (Lipinski definition) is 0. The van der Waals surface area contributed by atoms with Crippen LogP contribution in [0.4, 0.5) is 0 Å². The van der Waals surface area contributed by atoms with Gasteiger partial charge >= 0.3 is 181 Å². The van der Waals surface area contributed by atoms with Crippen LogP contribution in [0.1, 0.15) is 65.6 Å². The summed E-state index contributed by atoms with van der Waals surface area (Å²) in [5.74, 6) is -0.734. The van der Waals surface area contributed by atoms with Crippen molar-refractivity contribution in [3.05, 3.63) is 79.9 Å². The topological polar surface area (TPSA) is 0 Å². The second kappa shape index (κ2) is 9.62. The molecular weight excluding hydrogens is 503 g/mol. The molecule has 0 heterocycles. The van der Waals surface area contributed by atoms with Crippen LogP contribution in [-0.2, 0) is 20.9 Å². The van der Waals surface area contributed by atoms with Crippen LogP contribution in [0, 0.1) is 27.7 Å². The summed E-state index contributed by atoms with van der Waals surface area (Å²) < 4.78 is 1.53. The number of rotatable bonds is 3. The molecule has 0 fully saturated rings. The molecule has 2 aliphatic rings. The number of aryl methyl sites for hydroxylation is 4. The zero-order valence-corrected chi connectivity index (χ0v) is 24.6. The Morgan fingerprint density at radius 1 is 0.633 bits per heavy atom. The molecule has 2 atom stereocenters. The van der Waals surface area contributed by atoms with Gasteiger partial charge in [-0.15, -0.1) is 0 Å². The third kappa shape index (κ3) is 4.27. The molecule has 0 amide bonds. The Morgan fingerprint density at radius 3 is 1.33 bits per heavy atom. The molecular formula is C26H33Cl2SiZr. The fourth-order valence-corrected chi connectivity index (χ4v) is 28.9. The van der Waals surface area contributed by atoms with Gasteiger partial charge in [-0.1, -0.05) is 0 Å². The van der Waals surface area contributed by atoms with Gasteiger partial charge in [0.25, 0.3) is 0 Å². The van der Waals surface area contributed by atoms with E-state index in [-0.39, 0.29) is 24.8 Å². The first kappa shape index (κ1) is 25.9. The summed E-state index contributed by atoms with van der Waals surface area (Å²) in [4.78, 5) is 0. The smallest absolute Gasteiger partial charge is 1.00 e. The molecule has 4 heteroatoms. The normalized spacial score (nSPS) is 18.8. The molecule has 159 valence electrons. The van der Waals surface area contributed by atoms with Gasteiger partial charge in [0.1, 0.15) is 0 Å². The summed E-state index contributed by atoms with van der Waals surface area (Å²) in [6.45, 7) is 19.3. The largest absolute Gasteiger partial charge is 1.00 e. The van der Waals surface area contributed by atoms with Crippen molar-refractivity contribution in [3.63, 3.8) is 0 Å². The molecule has 0 spiro atoms. The Bertz CT molecular complexity index is 956. The van der Waals surface area contributed by atoms with E-state index in [0.29, 0.717) is 0 Å². The van der Waals surface area contributed by atoms with Crippen LogP contribution >= 0.6 is 0 Å². The quantitative estimate of drug-likeness (QED) is 0.518. The minimum Gasteiger partial charge on any atom is -1.00 e. The molecule has 2 aromatic rings. The van der Waals surface area contributed by atoms with E-state index in [2.05, 4.69) is 91.1 Å². The molecule has 4 rings (SSSR count). The average Bonchev–Trinajstić information content (AvgIpc) is 3.07. The van der Waals surface area contributed by atoms with Crippen molar-refractivity contribution in [1.29, 1.82) is 0 Å². The zero-order valence-electron chi connectivity index (χ0n) is 19.5. The molecule has 2 unspecified atom stereocenters. The first-order chi connectivity index (χ1) is 13.2. The second-order valence-electron chi connectivity index (χ2n) is 9.47. The van der Waals surface area contributed by atoms with Crippen molar-refractivity contribution < 1.29 is 45.7 Å². The summed E-state index contributed by atoms with van der Waals surface area (Å²) in [5.41, 5.74) is 15.6. The van der Waals surface area contributed by atoms with Crippen molar-refractivity contribution in [1.82, 2.24) is 0 Å². The minimum absolute atomic E-state index is 0. The third-order valence-electron chi connectivity index (χ3n) is 6.74. The molecule has 0 aliphatic heterocycles. The molecule has 0 bridgehead atoms. The minimum atomic E-state index is -1.83. The van der Waals surface area contributed by atoms with Crippen LogP contribution in [0.5, 0.6) is 0 Å². The summed E-state index contributed by atoms with van der Waals surface area (Å²) in [6.07, 6.45) is 5.06. The van der Waals surface area contributed by atoms with Crippen molar-refractivity contribution in [2.75, 3.05) is 0 Å². The molecule has 30 heavy (non-hydrogen) atoms. The van der Waals surface area contributed by atoms with Crippen LogP contribution in [0.25, 0.3) is 12.2 Å². The summed E-state index contributed by atoms with van der Waals surface area (Å²) >= 11 is -1.83. The Labute approximate surface area is 204 Å². The van der Waals surface area contributed by atoms with Gasteiger partial charge in [0.15, 0.2) is 0 Å². The zero-order chi connectivity index (χ0) is 20.3. The molecule has 2 aliphatic carbocycles. The van der Waals surface area contributed by atoms with E-state index in [1.807, 2.05) is 0 Å². The summed E-state index contributed by atoms with van der Waals surface area (Å²) in [5, 5.41) is 0. The average molecular weight is 536 g/mol. The number of halogens is 2. The fraction of sp³-hybridized carbons (Fsp3) is 0.385. The Hall–Kier alpha value is -0.400. The van der Waals surface area contributed by atoms with E-state index in [1.165, 1.54) is 22.3 Å². The van der Waals surface area contributed by atoms with Gasteiger partial charge in [0.2, 0.25) is 0 Å². The van der Waals surface area contributed by atoms with Gasteiger partial charge in [-0.2, -0.15) is 0 Å². The van der Waals surface area contributed by atoms with E-state index in [1.54, 1.807) is 33.4 Å². The van der Waals surface area contributed by atoms with Gasteiger partial charge in [-0.05, 0) is 0 Å². The van der Waals surface area contributed by atoms with Crippen LogP contribution in [-0.4, -0.2) is 5.92 Å². The molecule has 2 aromatic carbocycles. The Kier molecular flexibility index (Phi) is 8.29. The van der Waals surface area contributed by atoms with Crippen LogP contribution < -0.4 is 24.8 Å². The number of fused-ring (bicyclic) bond motifs is 2. The van der Waals surface area contributed by atoms with Gasteiger partial charge in [0.05, 0.1) is 0 Å². The van der Waals surface area contributed by atoms with Crippen LogP contribution in [0.2, 0.25) is 13.1 Å². The van der Waals surface area contributed by atoms with Crippen molar-refractivity contribution >= 4 is 18.1 Å². The molecule has 0 saturated heterocycles. The molecule has 0 radical (unpaired) electrons. The first-order valence-corrected chi connectivity index (χ1v) is 20.6. The maximum Gasteiger partial charge on any atom is -1.00 e. The summed E-state index contributed by atoms with van der Waals surface area (Å²) in [6, 6.07) is 9.77. The van der Waals surface area contributed by atoms with Gasteiger partial charge < -0.3 is 24.8 Å². The monoisotopic (exact) mass is 533 g/mol. The second-order valence-corrected chi connectivity index (χ2v) is 29.5. The van der Waals surface area contributed by atoms with E-state index in [4.69, 9.17) is 0 Å². The molecule has 0 saturated carbocycles. The van der Waals surface area contributed by atoms with Crippen molar-refractivity contribution in [2.24, 2.45) is 0 Å². The van der Waals surface area contributed by atoms with E-state index in [0.717, 1.165) is 7.25 Å². The first-order valence-electron chi connectivity index (χ1n) is 10.6. The molecule has 0 N–H and O–H groups in total. The van der Waals surface area contributed by atoms with Crippen LogP contribution in [0.3, 0.4) is 0 Å². The molecule has 0 nitrogen and oxygen atoms in total. The van der Waals surface area contributed by atoms with Crippen molar-refractivity contribution in [2.45, 2.75) is 61.9 Å². The predicted molar refractivity (Wildman–Crippen MR) is 123 cm³/mol. The van der Waals surface area contributed by atoms with E-state index < -0.39 is 26.8 Å². The SMILES string of the molecule is CC1=Cc2c(C)cc(C)cc2[CH]1[Zr+2]([CH]1C(C)=Cc2c(C)cc(C)cc21)[SiH](C)C.[Cl-].[Cl-]. The maximum absolute atomic E-state index is 2.65. The van der Waals surface area contributed by atoms with Gasteiger partial charge in [0, 0.05) is 0 Å².